The van der Waals surface area contributed by atoms with Gasteiger partial charge in [0.1, 0.15) is 16.8 Å². The van der Waals surface area contributed by atoms with Gasteiger partial charge in [-0.15, -0.1) is 18.3 Å². The number of H-pyrrole nitrogens is 1. The van der Waals surface area contributed by atoms with Gasteiger partial charge in [0.2, 0.25) is 15.9 Å². The maximum absolute atomic E-state index is 14.4. The summed E-state index contributed by atoms with van der Waals surface area (Å²) in [5.74, 6) is -2.82. The van der Waals surface area contributed by atoms with Crippen molar-refractivity contribution < 1.29 is 35.1 Å². The lowest BCUT2D eigenvalue weighted by Gasteiger charge is -2.19. The van der Waals surface area contributed by atoms with Crippen molar-refractivity contribution in [2.45, 2.75) is 44.0 Å². The number of halogens is 5. The standard InChI is InChI=1S/C20H18BrF4N3O5S/c1-10-3-6-14(22)13(11(10)2)5-7-15(18-26-27-19(29)32-18)28-34(30,31)17-8-4-12(21)9-16(17)33-20(23,24)25/h3-4,6,8-9,15,28H,5,7H2,1-2H3,(H,27,29)/t15-/m0/s1. The van der Waals surface area contributed by atoms with Crippen LogP contribution in [-0.2, 0) is 16.4 Å². The molecule has 2 N–H and O–H groups in total. The first-order chi connectivity index (χ1) is 15.8. The minimum Gasteiger partial charge on any atom is -0.404 e. The van der Waals surface area contributed by atoms with E-state index in [1.54, 1.807) is 19.9 Å². The lowest BCUT2D eigenvalue weighted by Crippen LogP contribution is -2.30. The average molecular weight is 568 g/mol. The molecule has 8 nitrogen and oxygen atoms in total. The van der Waals surface area contributed by atoms with E-state index in [0.29, 0.717) is 11.1 Å². The molecule has 34 heavy (non-hydrogen) atoms. The van der Waals surface area contributed by atoms with Gasteiger partial charge in [-0.05, 0) is 67.6 Å². The van der Waals surface area contributed by atoms with Crippen LogP contribution in [0.25, 0.3) is 0 Å². The van der Waals surface area contributed by atoms with E-state index in [4.69, 9.17) is 4.42 Å². The minimum absolute atomic E-state index is 0.00928. The highest BCUT2D eigenvalue weighted by Gasteiger charge is 2.35. The molecule has 0 spiro atoms. The predicted octanol–water partition coefficient (Wildman–Crippen LogP) is 4.43. The van der Waals surface area contributed by atoms with E-state index in [2.05, 4.69) is 30.5 Å². The van der Waals surface area contributed by atoms with Crippen molar-refractivity contribution in [3.8, 4) is 5.75 Å². The molecule has 1 atom stereocenters. The minimum atomic E-state index is -5.15. The van der Waals surface area contributed by atoms with Crippen LogP contribution in [-0.4, -0.2) is 25.0 Å². The number of sulfonamides is 1. The second-order valence-corrected chi connectivity index (χ2v) is 9.87. The molecule has 0 aliphatic rings. The summed E-state index contributed by atoms with van der Waals surface area (Å²) >= 11 is 2.97. The lowest BCUT2D eigenvalue weighted by molar-refractivity contribution is -0.275. The molecule has 3 aromatic rings. The maximum Gasteiger partial charge on any atom is 0.573 e. The molecule has 0 bridgehead atoms. The normalized spacial score (nSPS) is 13.1. The lowest BCUT2D eigenvalue weighted by atomic mass is 9.97. The van der Waals surface area contributed by atoms with Gasteiger partial charge in [-0.2, -0.15) is 4.72 Å². The predicted molar refractivity (Wildman–Crippen MR) is 115 cm³/mol. The number of nitrogens with zero attached hydrogens (tertiary/aromatic N) is 1. The maximum atomic E-state index is 14.4. The Bertz CT molecular complexity index is 1350. The van der Waals surface area contributed by atoms with E-state index < -0.39 is 44.6 Å². The highest BCUT2D eigenvalue weighted by molar-refractivity contribution is 9.10. The van der Waals surface area contributed by atoms with Crippen LogP contribution in [0.5, 0.6) is 5.75 Å². The zero-order valence-corrected chi connectivity index (χ0v) is 20.1. The van der Waals surface area contributed by atoms with Gasteiger partial charge in [-0.25, -0.2) is 22.7 Å². The molecule has 0 fully saturated rings. The summed E-state index contributed by atoms with van der Waals surface area (Å²) in [6, 6.07) is 4.52. The molecule has 3 rings (SSSR count). The van der Waals surface area contributed by atoms with Crippen molar-refractivity contribution in [1.82, 2.24) is 14.9 Å². The Kier molecular flexibility index (Phi) is 7.53. The summed E-state index contributed by atoms with van der Waals surface area (Å²) in [6.45, 7) is 3.48. The highest BCUT2D eigenvalue weighted by atomic mass is 79.9. The molecular weight excluding hydrogens is 550 g/mol. The zero-order valence-electron chi connectivity index (χ0n) is 17.7. The smallest absolute Gasteiger partial charge is 0.404 e. The van der Waals surface area contributed by atoms with E-state index >= 15 is 0 Å². The quantitative estimate of drug-likeness (QED) is 0.389. The van der Waals surface area contributed by atoms with Gasteiger partial charge in [0.15, 0.2) is 5.75 Å². The number of nitrogens with one attached hydrogen (secondary N) is 2. The van der Waals surface area contributed by atoms with Crippen LogP contribution >= 0.6 is 15.9 Å². The first-order valence-corrected chi connectivity index (χ1v) is 11.9. The fourth-order valence-corrected chi connectivity index (χ4v) is 4.89. The van der Waals surface area contributed by atoms with E-state index in [9.17, 15) is 30.8 Å². The van der Waals surface area contributed by atoms with Gasteiger partial charge < -0.3 is 9.15 Å². The summed E-state index contributed by atoms with van der Waals surface area (Å²) in [6.07, 6.45) is -5.27. The average Bonchev–Trinajstić information content (AvgIpc) is 3.14. The van der Waals surface area contributed by atoms with E-state index in [1.165, 1.54) is 12.1 Å². The number of hydrogen-bond donors (Lipinski definition) is 2. The molecule has 0 aliphatic heterocycles. The number of aromatic nitrogens is 2. The van der Waals surface area contributed by atoms with Crippen LogP contribution in [0.2, 0.25) is 0 Å². The Morgan fingerprint density at radius 3 is 2.56 bits per heavy atom. The molecule has 0 saturated heterocycles. The summed E-state index contributed by atoms with van der Waals surface area (Å²) in [7, 11) is -4.66. The van der Waals surface area contributed by atoms with Gasteiger partial charge in [-0.1, -0.05) is 22.0 Å². The van der Waals surface area contributed by atoms with Gasteiger partial charge >= 0.3 is 12.1 Å². The Morgan fingerprint density at radius 2 is 1.94 bits per heavy atom. The third kappa shape index (κ3) is 6.24. The summed E-state index contributed by atoms with van der Waals surface area (Å²) in [4.78, 5) is 10.6. The number of aromatic amines is 1. The van der Waals surface area contributed by atoms with E-state index in [0.717, 1.165) is 17.7 Å². The SMILES string of the molecule is Cc1ccc(F)c(CC[C@H](NS(=O)(=O)c2ccc(Br)cc2OC(F)(F)F)c2n[nH]c(=O)o2)c1C. The van der Waals surface area contributed by atoms with Crippen molar-refractivity contribution in [3.05, 3.63) is 73.8 Å². The molecule has 0 amide bonds. The van der Waals surface area contributed by atoms with Crippen molar-refractivity contribution in [2.24, 2.45) is 0 Å². The third-order valence-electron chi connectivity index (χ3n) is 4.97. The number of benzene rings is 2. The molecule has 0 unspecified atom stereocenters. The fraction of sp³-hybridized carbons (Fsp3) is 0.300. The first kappa shape index (κ1) is 25.9. The van der Waals surface area contributed by atoms with Crippen molar-refractivity contribution in [1.29, 1.82) is 0 Å². The monoisotopic (exact) mass is 567 g/mol. The molecule has 0 saturated carbocycles. The third-order valence-corrected chi connectivity index (χ3v) is 6.97. The molecule has 1 heterocycles. The van der Waals surface area contributed by atoms with Crippen LogP contribution in [0.3, 0.4) is 0 Å². The molecule has 14 heteroatoms. The molecule has 0 radical (unpaired) electrons. The Hall–Kier alpha value is -2.71. The van der Waals surface area contributed by atoms with Crippen LogP contribution in [0.4, 0.5) is 17.6 Å². The number of hydrogen-bond acceptors (Lipinski definition) is 6. The summed E-state index contributed by atoms with van der Waals surface area (Å²) in [5, 5.41) is 5.61. The molecular formula is C20H18BrF4N3O5S. The molecule has 1 aromatic heterocycles. The fourth-order valence-electron chi connectivity index (χ4n) is 3.22. The van der Waals surface area contributed by atoms with Gasteiger partial charge in [0.25, 0.3) is 0 Å². The molecule has 0 aliphatic carbocycles. The van der Waals surface area contributed by atoms with Crippen molar-refractivity contribution in [2.75, 3.05) is 0 Å². The highest BCUT2D eigenvalue weighted by Crippen LogP contribution is 2.33. The van der Waals surface area contributed by atoms with Crippen LogP contribution in [0.1, 0.15) is 35.0 Å². The number of ether oxygens (including phenoxy) is 1. The van der Waals surface area contributed by atoms with Crippen LogP contribution < -0.4 is 15.2 Å². The zero-order chi connectivity index (χ0) is 25.3. The second-order valence-electron chi connectivity index (χ2n) is 7.27. The Balaban J connectivity index is 1.96. The van der Waals surface area contributed by atoms with Gasteiger partial charge in [-0.3, -0.25) is 0 Å². The number of alkyl halides is 3. The first-order valence-electron chi connectivity index (χ1n) is 9.64. The molecule has 184 valence electrons. The number of rotatable bonds is 8. The van der Waals surface area contributed by atoms with Crippen LogP contribution in [0, 0.1) is 19.7 Å². The largest absolute Gasteiger partial charge is 0.573 e. The van der Waals surface area contributed by atoms with E-state index in [1.807, 2.05) is 5.10 Å². The van der Waals surface area contributed by atoms with Crippen LogP contribution in [0.15, 0.2) is 48.9 Å². The molecule has 2 aromatic carbocycles. The summed E-state index contributed by atoms with van der Waals surface area (Å²) in [5.41, 5.74) is 1.77. The van der Waals surface area contributed by atoms with Gasteiger partial charge in [0, 0.05) is 4.47 Å². The second kappa shape index (κ2) is 9.88. The van der Waals surface area contributed by atoms with Crippen molar-refractivity contribution >= 4 is 26.0 Å². The van der Waals surface area contributed by atoms with Gasteiger partial charge in [0.05, 0.1) is 0 Å². The topological polar surface area (TPSA) is 114 Å². The number of aryl methyl sites for hydroxylation is 1. The Morgan fingerprint density at radius 1 is 1.24 bits per heavy atom. The summed E-state index contributed by atoms with van der Waals surface area (Å²) < 4.78 is 90.0. The Labute approximate surface area is 199 Å². The van der Waals surface area contributed by atoms with E-state index in [-0.39, 0.29) is 23.2 Å². The van der Waals surface area contributed by atoms with Crippen molar-refractivity contribution in [3.63, 3.8) is 0 Å².